The molecule has 494 valence electrons. The predicted molar refractivity (Wildman–Crippen MR) is 376 cm³/mol. The summed E-state index contributed by atoms with van der Waals surface area (Å²) in [5.41, 5.74) is 0. The Hall–Kier alpha value is -4.37. The molecule has 0 aliphatic rings. The zero-order valence-electron chi connectivity index (χ0n) is 56.4. The first-order valence-corrected chi connectivity index (χ1v) is 36.3. The third kappa shape index (κ3) is 65.9. The van der Waals surface area contributed by atoms with Crippen LogP contribution in [0.4, 0.5) is 0 Å². The molecular formula is C77H129N2O7P. The number of phosphoric ester groups is 1. The van der Waals surface area contributed by atoms with E-state index < -0.39 is 26.6 Å². The van der Waals surface area contributed by atoms with Gasteiger partial charge in [-0.2, -0.15) is 0 Å². The van der Waals surface area contributed by atoms with Gasteiger partial charge in [0.1, 0.15) is 19.3 Å². The highest BCUT2D eigenvalue weighted by atomic mass is 31.2. The van der Waals surface area contributed by atoms with Crippen LogP contribution in [0.5, 0.6) is 0 Å². The number of carbonyl (C=O) groups is 2. The number of carbonyl (C=O) groups excluding carboxylic acids is 2. The molecule has 0 aromatic heterocycles. The summed E-state index contributed by atoms with van der Waals surface area (Å²) in [5, 5.41) is 3.02. The summed E-state index contributed by atoms with van der Waals surface area (Å²) in [7, 11) is 1.13. The van der Waals surface area contributed by atoms with Gasteiger partial charge in [0.25, 0.3) is 7.82 Å². The van der Waals surface area contributed by atoms with Crippen LogP contribution in [0.15, 0.2) is 158 Å². The first-order chi connectivity index (χ1) is 42.4. The van der Waals surface area contributed by atoms with Gasteiger partial charge in [-0.15, -0.1) is 0 Å². The number of nitrogens with zero attached hydrogens (tertiary/aromatic N) is 1. The molecule has 0 aliphatic carbocycles. The second kappa shape index (κ2) is 64.6. The van der Waals surface area contributed by atoms with Gasteiger partial charge in [0.2, 0.25) is 5.91 Å². The molecule has 3 unspecified atom stereocenters. The smallest absolute Gasteiger partial charge is 0.306 e. The van der Waals surface area contributed by atoms with Crippen molar-refractivity contribution in [1.82, 2.24) is 5.32 Å². The highest BCUT2D eigenvalue weighted by Crippen LogP contribution is 2.38. The molecule has 0 saturated carbocycles. The van der Waals surface area contributed by atoms with E-state index in [-0.39, 0.29) is 31.3 Å². The average molecular weight is 1230 g/mol. The average Bonchev–Trinajstić information content (AvgIpc) is 3.69. The Balaban J connectivity index is 5.24. The lowest BCUT2D eigenvalue weighted by Gasteiger charge is -2.30. The molecule has 0 radical (unpaired) electrons. The summed E-state index contributed by atoms with van der Waals surface area (Å²) in [6.07, 6.45) is 95.0. The number of esters is 1. The number of nitrogens with one attached hydrogen (secondary N) is 1. The maximum atomic E-state index is 13.6. The van der Waals surface area contributed by atoms with Crippen molar-refractivity contribution in [2.24, 2.45) is 0 Å². The first-order valence-electron chi connectivity index (χ1n) is 34.8. The molecule has 0 rings (SSSR count). The standard InChI is InChI=1S/C77H129N2O7P/c1-7-10-13-16-19-22-25-28-30-32-34-36-37-38-39-40-41-43-44-46-48-51-54-57-60-63-66-69-76(80)78-74(73-85-87(82,83)84-72-71-79(4,5)6)75(68-65-62-59-56-53-50-27-24-21-18-15-12-9-3)86-77(81)70-67-64-61-58-55-52-49-47-45-42-35-33-31-29-26-23-20-17-14-11-8-2/h10-11,13-14,19-20,22-23,28-31,34-36,38-39,41-43,47,49,55,58,65,68,74-75H,7-9,12,15-18,21,24-27,32-33,37,40,44-46,48,50-54,56-57,59-64,66-67,69-73H2,1-6H3,(H-,78,80,82,83)/b13-10-,14-11-,22-19-,23-20-,30-28-,31-29-,36-34-,39-38-,42-35-,43-41-,49-47-,58-55-,68-65-. The summed E-state index contributed by atoms with van der Waals surface area (Å²) in [6, 6.07) is -0.925. The van der Waals surface area contributed by atoms with Gasteiger partial charge < -0.3 is 28.5 Å². The predicted octanol–water partition coefficient (Wildman–Crippen LogP) is 21.7. The van der Waals surface area contributed by atoms with Crippen molar-refractivity contribution in [2.75, 3.05) is 40.9 Å². The van der Waals surface area contributed by atoms with Crippen molar-refractivity contribution in [1.29, 1.82) is 0 Å². The summed E-state index contributed by atoms with van der Waals surface area (Å²) >= 11 is 0. The molecule has 0 spiro atoms. The second-order valence-electron chi connectivity index (χ2n) is 23.9. The van der Waals surface area contributed by atoms with Crippen LogP contribution in [0.2, 0.25) is 0 Å². The van der Waals surface area contributed by atoms with Crippen molar-refractivity contribution < 1.29 is 37.3 Å². The van der Waals surface area contributed by atoms with Crippen LogP contribution in [0.25, 0.3) is 0 Å². The lowest BCUT2D eigenvalue weighted by Crippen LogP contribution is -2.47. The number of likely N-dealkylation sites (N-methyl/N-ethyl adjacent to an activating group) is 1. The molecule has 0 aromatic carbocycles. The maximum absolute atomic E-state index is 13.6. The minimum Gasteiger partial charge on any atom is -0.756 e. The van der Waals surface area contributed by atoms with Crippen LogP contribution >= 0.6 is 7.82 Å². The van der Waals surface area contributed by atoms with Crippen molar-refractivity contribution in [2.45, 2.75) is 277 Å². The zero-order chi connectivity index (χ0) is 63.5. The fourth-order valence-corrected chi connectivity index (χ4v) is 9.90. The number of rotatable bonds is 61. The normalized spacial score (nSPS) is 14.5. The quantitative estimate of drug-likeness (QED) is 0.0212. The van der Waals surface area contributed by atoms with Gasteiger partial charge in [-0.1, -0.05) is 275 Å². The molecule has 0 aromatic rings. The monoisotopic (exact) mass is 1220 g/mol. The van der Waals surface area contributed by atoms with Gasteiger partial charge in [-0.05, 0) is 134 Å². The number of ether oxygens (including phenoxy) is 1. The van der Waals surface area contributed by atoms with Crippen LogP contribution in [-0.4, -0.2) is 69.4 Å². The number of quaternary nitrogens is 1. The Kier molecular flexibility index (Phi) is 61.4. The summed E-state index contributed by atoms with van der Waals surface area (Å²) in [6.45, 7) is 6.57. The fourth-order valence-electron chi connectivity index (χ4n) is 9.18. The van der Waals surface area contributed by atoms with E-state index >= 15 is 0 Å². The first kappa shape index (κ1) is 82.6. The van der Waals surface area contributed by atoms with E-state index in [2.05, 4.69) is 172 Å². The van der Waals surface area contributed by atoms with Gasteiger partial charge in [0.05, 0.1) is 33.8 Å². The Morgan fingerprint density at radius 2 is 0.736 bits per heavy atom. The number of unbranched alkanes of at least 4 members (excludes halogenated alkanes) is 21. The molecule has 1 N–H and O–H groups in total. The molecule has 0 bridgehead atoms. The topological polar surface area (TPSA) is 114 Å². The van der Waals surface area contributed by atoms with Gasteiger partial charge in [-0.25, -0.2) is 0 Å². The Morgan fingerprint density at radius 1 is 0.414 bits per heavy atom. The van der Waals surface area contributed by atoms with Crippen molar-refractivity contribution in [3.05, 3.63) is 158 Å². The highest BCUT2D eigenvalue weighted by molar-refractivity contribution is 7.45. The van der Waals surface area contributed by atoms with Gasteiger partial charge in [0.15, 0.2) is 0 Å². The molecular weight excluding hydrogens is 1100 g/mol. The lowest BCUT2D eigenvalue weighted by molar-refractivity contribution is -0.870. The van der Waals surface area contributed by atoms with Gasteiger partial charge in [0, 0.05) is 12.8 Å². The Bertz CT molecular complexity index is 2050. The lowest BCUT2D eigenvalue weighted by atomic mass is 10.0. The van der Waals surface area contributed by atoms with Crippen LogP contribution in [-0.2, 0) is 27.9 Å². The van der Waals surface area contributed by atoms with Crippen LogP contribution < -0.4 is 10.2 Å². The molecule has 3 atom stereocenters. The van der Waals surface area contributed by atoms with Crippen LogP contribution in [0.1, 0.15) is 265 Å². The minimum absolute atomic E-state index is 0.0402. The van der Waals surface area contributed by atoms with E-state index in [0.29, 0.717) is 23.9 Å². The molecule has 87 heavy (non-hydrogen) atoms. The Morgan fingerprint density at radius 3 is 1.11 bits per heavy atom. The number of allylic oxidation sites excluding steroid dienone is 25. The molecule has 10 heteroatoms. The van der Waals surface area contributed by atoms with Crippen molar-refractivity contribution in [3.8, 4) is 0 Å². The van der Waals surface area contributed by atoms with E-state index in [1.165, 1.54) is 83.5 Å². The van der Waals surface area contributed by atoms with E-state index in [9.17, 15) is 19.0 Å². The van der Waals surface area contributed by atoms with Gasteiger partial charge >= 0.3 is 5.97 Å². The fraction of sp³-hybridized carbons (Fsp3) is 0.636. The van der Waals surface area contributed by atoms with E-state index in [1.54, 1.807) is 0 Å². The minimum atomic E-state index is -4.73. The van der Waals surface area contributed by atoms with Crippen molar-refractivity contribution >= 4 is 19.7 Å². The molecule has 9 nitrogen and oxygen atoms in total. The van der Waals surface area contributed by atoms with E-state index in [0.717, 1.165) is 135 Å². The number of amides is 1. The maximum Gasteiger partial charge on any atom is 0.306 e. The van der Waals surface area contributed by atoms with Crippen molar-refractivity contribution in [3.63, 3.8) is 0 Å². The van der Waals surface area contributed by atoms with Crippen LogP contribution in [0, 0.1) is 0 Å². The number of phosphoric acid groups is 1. The number of hydrogen-bond acceptors (Lipinski definition) is 7. The molecule has 0 saturated heterocycles. The van der Waals surface area contributed by atoms with E-state index in [4.69, 9.17) is 13.8 Å². The molecule has 1 amide bonds. The summed E-state index contributed by atoms with van der Waals surface area (Å²) in [4.78, 5) is 40.2. The molecule has 0 fully saturated rings. The molecule has 0 aliphatic heterocycles. The summed E-state index contributed by atoms with van der Waals surface area (Å²) in [5.74, 6) is -0.611. The zero-order valence-corrected chi connectivity index (χ0v) is 57.3. The SMILES string of the molecule is CC/C=C\C/C=C\C/C=C\C/C=C\C/C=C\C/C=C\CCCCCCCCCCC(=O)NC(COP(=O)([O-])OCC[N+](C)(C)C)C(/C=C\CCCCCCCCCCCCC)OC(=O)CCCC/C=C\C/C=C\C/C=C\C/C=C\C/C=C\C/C=C\CC. The number of hydrogen-bond donors (Lipinski definition) is 1. The third-order valence-corrected chi connectivity index (χ3v) is 15.4. The largest absolute Gasteiger partial charge is 0.756 e. The Labute approximate surface area is 535 Å². The van der Waals surface area contributed by atoms with Gasteiger partial charge in [-0.3, -0.25) is 14.2 Å². The molecule has 0 heterocycles. The second-order valence-corrected chi connectivity index (χ2v) is 25.3. The summed E-state index contributed by atoms with van der Waals surface area (Å²) < 4.78 is 30.4. The highest BCUT2D eigenvalue weighted by Gasteiger charge is 2.27. The van der Waals surface area contributed by atoms with E-state index in [1.807, 2.05) is 33.3 Å². The van der Waals surface area contributed by atoms with Crippen LogP contribution in [0.3, 0.4) is 0 Å². The third-order valence-electron chi connectivity index (χ3n) is 14.5.